The van der Waals surface area contributed by atoms with Crippen molar-refractivity contribution in [3.8, 4) is 0 Å². The molecule has 1 saturated heterocycles. The molecule has 0 aromatic carbocycles. The van der Waals surface area contributed by atoms with Crippen molar-refractivity contribution in [2.45, 2.75) is 83.5 Å². The summed E-state index contributed by atoms with van der Waals surface area (Å²) in [6.45, 7) is 6.69. The van der Waals surface area contributed by atoms with Crippen LogP contribution in [-0.4, -0.2) is 52.8 Å². The van der Waals surface area contributed by atoms with Gasteiger partial charge in [0.15, 0.2) is 0 Å². The SMILES string of the molecule is CC(C)(C)OC(=O)N1CCC(NC(=O)C(O)C2CCCCC2)CC1. The van der Waals surface area contributed by atoms with Crippen LogP contribution in [0.15, 0.2) is 0 Å². The number of nitrogens with zero attached hydrogens (tertiary/aromatic N) is 1. The van der Waals surface area contributed by atoms with E-state index in [2.05, 4.69) is 5.32 Å². The summed E-state index contributed by atoms with van der Waals surface area (Å²) in [5.74, 6) is -0.154. The Morgan fingerprint density at radius 3 is 2.21 bits per heavy atom. The fraction of sp³-hybridized carbons (Fsp3) is 0.889. The molecule has 2 rings (SSSR count). The van der Waals surface area contributed by atoms with E-state index in [1.54, 1.807) is 4.90 Å². The number of piperidine rings is 1. The molecule has 1 saturated carbocycles. The van der Waals surface area contributed by atoms with E-state index in [4.69, 9.17) is 4.74 Å². The van der Waals surface area contributed by atoms with Crippen LogP contribution in [0.3, 0.4) is 0 Å². The fourth-order valence-electron chi connectivity index (χ4n) is 3.48. The molecule has 0 aromatic rings. The first kappa shape index (κ1) is 19.0. The van der Waals surface area contributed by atoms with Gasteiger partial charge >= 0.3 is 6.09 Å². The summed E-state index contributed by atoms with van der Waals surface area (Å²) >= 11 is 0. The maximum absolute atomic E-state index is 12.2. The van der Waals surface area contributed by atoms with Gasteiger partial charge in [0.2, 0.25) is 5.91 Å². The Morgan fingerprint density at radius 2 is 1.67 bits per heavy atom. The van der Waals surface area contributed by atoms with E-state index in [1.807, 2.05) is 20.8 Å². The van der Waals surface area contributed by atoms with Gasteiger partial charge in [-0.1, -0.05) is 19.3 Å². The number of ether oxygens (including phenoxy) is 1. The number of likely N-dealkylation sites (tertiary alicyclic amines) is 1. The minimum atomic E-state index is -0.894. The minimum absolute atomic E-state index is 0.0226. The molecule has 2 fully saturated rings. The van der Waals surface area contributed by atoms with Crippen LogP contribution < -0.4 is 5.32 Å². The molecule has 138 valence electrons. The first-order valence-electron chi connectivity index (χ1n) is 9.22. The van der Waals surface area contributed by atoms with Gasteiger partial charge in [0.05, 0.1) is 0 Å². The highest BCUT2D eigenvalue weighted by molar-refractivity contribution is 5.81. The lowest BCUT2D eigenvalue weighted by atomic mass is 9.85. The summed E-state index contributed by atoms with van der Waals surface area (Å²) in [6, 6.07) is 0.0226. The standard InChI is InChI=1S/C18H32N2O4/c1-18(2,3)24-17(23)20-11-9-14(10-12-20)19-16(22)15(21)13-7-5-4-6-8-13/h13-15,21H,4-12H2,1-3H3,(H,19,22). The highest BCUT2D eigenvalue weighted by Gasteiger charge is 2.31. The van der Waals surface area contributed by atoms with Gasteiger partial charge in [0, 0.05) is 19.1 Å². The molecule has 1 unspecified atom stereocenters. The summed E-state index contributed by atoms with van der Waals surface area (Å²) in [6.07, 6.45) is 5.48. The minimum Gasteiger partial charge on any atom is -0.444 e. The van der Waals surface area contributed by atoms with Gasteiger partial charge in [0.1, 0.15) is 11.7 Å². The van der Waals surface area contributed by atoms with E-state index < -0.39 is 11.7 Å². The van der Waals surface area contributed by atoms with E-state index in [0.717, 1.165) is 25.7 Å². The number of carbonyl (C=O) groups is 2. The lowest BCUT2D eigenvalue weighted by Crippen LogP contribution is -2.50. The number of aliphatic hydroxyl groups is 1. The summed E-state index contributed by atoms with van der Waals surface area (Å²) < 4.78 is 5.37. The Labute approximate surface area is 144 Å². The Kier molecular flexibility index (Phi) is 6.49. The predicted octanol–water partition coefficient (Wildman–Crippen LogP) is 2.44. The van der Waals surface area contributed by atoms with Gasteiger partial charge < -0.3 is 20.1 Å². The van der Waals surface area contributed by atoms with Crippen LogP contribution in [0.4, 0.5) is 4.79 Å². The van der Waals surface area contributed by atoms with Crippen LogP contribution in [0.25, 0.3) is 0 Å². The number of carbonyl (C=O) groups excluding carboxylic acids is 2. The summed E-state index contributed by atoms with van der Waals surface area (Å²) in [5.41, 5.74) is -0.494. The van der Waals surface area contributed by atoms with Crippen LogP contribution in [0.5, 0.6) is 0 Å². The molecule has 0 spiro atoms. The van der Waals surface area contributed by atoms with E-state index >= 15 is 0 Å². The van der Waals surface area contributed by atoms with Gasteiger partial charge in [0.25, 0.3) is 0 Å². The molecule has 0 radical (unpaired) electrons. The van der Waals surface area contributed by atoms with E-state index in [0.29, 0.717) is 25.9 Å². The van der Waals surface area contributed by atoms with Crippen molar-refractivity contribution in [2.24, 2.45) is 5.92 Å². The maximum Gasteiger partial charge on any atom is 0.410 e. The average molecular weight is 340 g/mol. The average Bonchev–Trinajstić information content (AvgIpc) is 2.54. The molecular weight excluding hydrogens is 308 g/mol. The molecule has 24 heavy (non-hydrogen) atoms. The third kappa shape index (κ3) is 5.65. The van der Waals surface area contributed by atoms with Crippen molar-refractivity contribution in [2.75, 3.05) is 13.1 Å². The monoisotopic (exact) mass is 340 g/mol. The van der Waals surface area contributed by atoms with Crippen LogP contribution in [0, 0.1) is 5.92 Å². The van der Waals surface area contributed by atoms with Gasteiger partial charge in [-0.05, 0) is 52.4 Å². The van der Waals surface area contributed by atoms with Crippen molar-refractivity contribution in [1.29, 1.82) is 0 Å². The van der Waals surface area contributed by atoms with Gasteiger partial charge in [-0.25, -0.2) is 4.79 Å². The lowest BCUT2D eigenvalue weighted by Gasteiger charge is -2.34. The molecule has 1 atom stereocenters. The van der Waals surface area contributed by atoms with Crippen molar-refractivity contribution < 1.29 is 19.4 Å². The topological polar surface area (TPSA) is 78.9 Å². The molecule has 0 bridgehead atoms. The van der Waals surface area contributed by atoms with Crippen molar-refractivity contribution in [1.82, 2.24) is 10.2 Å². The van der Waals surface area contributed by atoms with E-state index in [1.165, 1.54) is 6.42 Å². The van der Waals surface area contributed by atoms with Crippen molar-refractivity contribution in [3.63, 3.8) is 0 Å². The Morgan fingerprint density at radius 1 is 1.08 bits per heavy atom. The molecule has 0 aromatic heterocycles. The zero-order valence-electron chi connectivity index (χ0n) is 15.2. The largest absolute Gasteiger partial charge is 0.444 e. The number of nitrogens with one attached hydrogen (secondary N) is 1. The number of amides is 2. The molecule has 2 aliphatic rings. The summed E-state index contributed by atoms with van der Waals surface area (Å²) in [4.78, 5) is 26.0. The highest BCUT2D eigenvalue weighted by Crippen LogP contribution is 2.26. The van der Waals surface area contributed by atoms with E-state index in [9.17, 15) is 14.7 Å². The third-order valence-corrected chi connectivity index (χ3v) is 4.86. The van der Waals surface area contributed by atoms with Crippen molar-refractivity contribution in [3.05, 3.63) is 0 Å². The first-order chi connectivity index (χ1) is 11.3. The second-order valence-corrected chi connectivity index (χ2v) is 8.09. The fourth-order valence-corrected chi connectivity index (χ4v) is 3.48. The van der Waals surface area contributed by atoms with Crippen LogP contribution in [0.1, 0.15) is 65.7 Å². The molecule has 6 nitrogen and oxygen atoms in total. The second kappa shape index (κ2) is 8.19. The first-order valence-corrected chi connectivity index (χ1v) is 9.22. The summed E-state index contributed by atoms with van der Waals surface area (Å²) in [5, 5.41) is 13.2. The van der Waals surface area contributed by atoms with Crippen LogP contribution in [-0.2, 0) is 9.53 Å². The molecule has 2 N–H and O–H groups in total. The number of hydrogen-bond donors (Lipinski definition) is 2. The molecule has 1 aliphatic carbocycles. The Hall–Kier alpha value is -1.30. The Bertz CT molecular complexity index is 433. The Balaban J connectivity index is 1.74. The van der Waals surface area contributed by atoms with Crippen LogP contribution in [0.2, 0.25) is 0 Å². The predicted molar refractivity (Wildman–Crippen MR) is 91.6 cm³/mol. The van der Waals surface area contributed by atoms with Gasteiger partial charge in [-0.2, -0.15) is 0 Å². The summed E-state index contributed by atoms with van der Waals surface area (Å²) in [7, 11) is 0. The van der Waals surface area contributed by atoms with E-state index in [-0.39, 0.29) is 24.0 Å². The van der Waals surface area contributed by atoms with Gasteiger partial charge in [-0.15, -0.1) is 0 Å². The lowest BCUT2D eigenvalue weighted by molar-refractivity contribution is -0.133. The third-order valence-electron chi connectivity index (χ3n) is 4.86. The number of rotatable bonds is 3. The van der Waals surface area contributed by atoms with Crippen LogP contribution >= 0.6 is 0 Å². The molecule has 1 aliphatic heterocycles. The molecule has 6 heteroatoms. The van der Waals surface area contributed by atoms with Gasteiger partial charge in [-0.3, -0.25) is 4.79 Å². The zero-order valence-corrected chi connectivity index (χ0v) is 15.2. The molecule has 1 heterocycles. The highest BCUT2D eigenvalue weighted by atomic mass is 16.6. The number of hydrogen-bond acceptors (Lipinski definition) is 4. The maximum atomic E-state index is 12.2. The van der Waals surface area contributed by atoms with Crippen molar-refractivity contribution >= 4 is 12.0 Å². The smallest absolute Gasteiger partial charge is 0.410 e. The normalized spacial score (nSPS) is 22.1. The second-order valence-electron chi connectivity index (χ2n) is 8.09. The number of aliphatic hydroxyl groups excluding tert-OH is 1. The zero-order chi connectivity index (χ0) is 17.7. The quantitative estimate of drug-likeness (QED) is 0.827. The molecule has 2 amide bonds. The molecular formula is C18H32N2O4.